The van der Waals surface area contributed by atoms with Gasteiger partial charge < -0.3 is 13.7 Å². The van der Waals surface area contributed by atoms with E-state index in [-0.39, 0.29) is 11.6 Å². The van der Waals surface area contributed by atoms with Gasteiger partial charge in [-0.15, -0.1) is 10.2 Å². The van der Waals surface area contributed by atoms with Gasteiger partial charge in [-0.25, -0.2) is 4.39 Å². The van der Waals surface area contributed by atoms with Crippen LogP contribution in [0.3, 0.4) is 0 Å². The van der Waals surface area contributed by atoms with Crippen LogP contribution in [-0.2, 0) is 9.31 Å². The van der Waals surface area contributed by atoms with Gasteiger partial charge in [0.2, 0.25) is 11.8 Å². The highest BCUT2D eigenvalue weighted by molar-refractivity contribution is 6.53. The molecule has 1 aliphatic carbocycles. The minimum Gasteiger partial charge on any atom is -0.425 e. The summed E-state index contributed by atoms with van der Waals surface area (Å²) >= 11 is 0. The van der Waals surface area contributed by atoms with E-state index in [1.54, 1.807) is 6.92 Å². The second-order valence-corrected chi connectivity index (χ2v) is 6.80. The maximum atomic E-state index is 14.5. The summed E-state index contributed by atoms with van der Waals surface area (Å²) in [6.07, 6.45) is 1.16. The molecular formula is C14H20BFN2O3. The molecule has 1 aromatic rings. The fraction of sp³-hybridized carbons (Fsp3) is 0.714. The predicted octanol–water partition coefficient (Wildman–Crippen LogP) is 3.11. The Kier molecular flexibility index (Phi) is 3.26. The normalized spacial score (nSPS) is 26.9. The van der Waals surface area contributed by atoms with Crippen LogP contribution in [0.2, 0.25) is 0 Å². The van der Waals surface area contributed by atoms with Gasteiger partial charge in [-0.05, 0) is 46.1 Å². The second-order valence-electron chi connectivity index (χ2n) is 6.80. The summed E-state index contributed by atoms with van der Waals surface area (Å²) in [6.45, 7) is 9.40. The molecule has 0 unspecified atom stereocenters. The molecule has 2 aliphatic rings. The molecule has 7 heteroatoms. The smallest absolute Gasteiger partial charge is 0.425 e. The molecule has 0 amide bonds. The minimum absolute atomic E-state index is 0.106. The lowest BCUT2D eigenvalue weighted by Gasteiger charge is -2.32. The van der Waals surface area contributed by atoms with Crippen molar-refractivity contribution in [3.63, 3.8) is 0 Å². The monoisotopic (exact) mass is 294 g/mol. The topological polar surface area (TPSA) is 57.4 Å². The quantitative estimate of drug-likeness (QED) is 0.784. The predicted molar refractivity (Wildman–Crippen MR) is 75.2 cm³/mol. The van der Waals surface area contributed by atoms with Crippen molar-refractivity contribution in [3.8, 4) is 0 Å². The highest BCUT2D eigenvalue weighted by Crippen LogP contribution is 2.46. The zero-order chi connectivity index (χ0) is 15.4. The first kappa shape index (κ1) is 14.7. The van der Waals surface area contributed by atoms with Crippen LogP contribution in [0.4, 0.5) is 4.39 Å². The van der Waals surface area contributed by atoms with Crippen molar-refractivity contribution >= 4 is 7.12 Å². The van der Waals surface area contributed by atoms with Gasteiger partial charge in [0.1, 0.15) is 5.73 Å². The van der Waals surface area contributed by atoms with Gasteiger partial charge >= 0.3 is 7.12 Å². The molecule has 0 aromatic carbocycles. The van der Waals surface area contributed by atoms with Crippen molar-refractivity contribution in [2.75, 3.05) is 0 Å². The third-order valence-electron chi connectivity index (χ3n) is 4.67. The summed E-state index contributed by atoms with van der Waals surface area (Å²) < 4.78 is 31.3. The van der Waals surface area contributed by atoms with E-state index < -0.39 is 18.3 Å². The van der Waals surface area contributed by atoms with E-state index in [9.17, 15) is 4.39 Å². The first-order chi connectivity index (χ1) is 9.69. The first-order valence-corrected chi connectivity index (χ1v) is 7.23. The number of hydrogen-bond acceptors (Lipinski definition) is 5. The molecule has 2 fully saturated rings. The zero-order valence-corrected chi connectivity index (χ0v) is 13.1. The first-order valence-electron chi connectivity index (χ1n) is 7.23. The molecular weight excluding hydrogens is 274 g/mol. The lowest BCUT2D eigenvalue weighted by atomic mass is 9.72. The van der Waals surface area contributed by atoms with E-state index in [4.69, 9.17) is 13.7 Å². The Labute approximate surface area is 124 Å². The van der Waals surface area contributed by atoms with Gasteiger partial charge in [-0.1, -0.05) is 0 Å². The fourth-order valence-corrected chi connectivity index (χ4v) is 2.49. The van der Waals surface area contributed by atoms with Crippen LogP contribution in [-0.4, -0.2) is 28.5 Å². The standard InChI is InChI=1S/C14H20BFN2O3/c1-8-17-18-12(19-8)10-6-9(7-10)11(16)15-20-13(2,3)14(4,5)21-15/h10H,6-7H2,1-5H3. The van der Waals surface area contributed by atoms with Crippen LogP contribution in [0.25, 0.3) is 0 Å². The van der Waals surface area contributed by atoms with Crippen LogP contribution in [0.5, 0.6) is 0 Å². The van der Waals surface area contributed by atoms with E-state index in [0.717, 1.165) is 0 Å². The Morgan fingerprint density at radius 2 is 1.71 bits per heavy atom. The van der Waals surface area contributed by atoms with E-state index in [1.807, 2.05) is 27.7 Å². The molecule has 1 aliphatic heterocycles. The van der Waals surface area contributed by atoms with Crippen LogP contribution in [0, 0.1) is 6.92 Å². The van der Waals surface area contributed by atoms with Gasteiger partial charge in [0.25, 0.3) is 0 Å². The zero-order valence-electron chi connectivity index (χ0n) is 13.1. The van der Waals surface area contributed by atoms with Gasteiger partial charge in [0.05, 0.1) is 11.2 Å². The molecule has 3 rings (SSSR count). The number of aryl methyl sites for hydroxylation is 1. The summed E-state index contributed by atoms with van der Waals surface area (Å²) in [5.41, 5.74) is -0.638. The Balaban J connectivity index is 1.69. The third kappa shape index (κ3) is 2.42. The van der Waals surface area contributed by atoms with E-state index >= 15 is 0 Å². The highest BCUT2D eigenvalue weighted by atomic mass is 19.1. The van der Waals surface area contributed by atoms with Crippen molar-refractivity contribution in [2.45, 2.75) is 64.6 Å². The maximum Gasteiger partial charge on any atom is 0.525 e. The van der Waals surface area contributed by atoms with Gasteiger partial charge in [0, 0.05) is 12.8 Å². The van der Waals surface area contributed by atoms with Crippen LogP contribution < -0.4 is 0 Å². The Morgan fingerprint density at radius 1 is 1.14 bits per heavy atom. The molecule has 0 spiro atoms. The number of hydrogen-bond donors (Lipinski definition) is 0. The van der Waals surface area contributed by atoms with E-state index in [1.165, 1.54) is 0 Å². The average Bonchev–Trinajstić information content (AvgIpc) is 2.79. The molecule has 1 saturated carbocycles. The Hall–Kier alpha value is -1.21. The molecule has 21 heavy (non-hydrogen) atoms. The van der Waals surface area contributed by atoms with Gasteiger partial charge in [-0.2, -0.15) is 0 Å². The largest absolute Gasteiger partial charge is 0.525 e. The van der Waals surface area contributed by atoms with Gasteiger partial charge in [0.15, 0.2) is 0 Å². The lowest BCUT2D eigenvalue weighted by molar-refractivity contribution is 0.00578. The summed E-state index contributed by atoms with van der Waals surface area (Å²) in [5.74, 6) is 1.22. The van der Waals surface area contributed by atoms with Gasteiger partial charge in [-0.3, -0.25) is 0 Å². The molecule has 0 N–H and O–H groups in total. The van der Waals surface area contributed by atoms with Crippen molar-refractivity contribution in [1.29, 1.82) is 0 Å². The van der Waals surface area contributed by atoms with Crippen molar-refractivity contribution < 1.29 is 18.1 Å². The summed E-state index contributed by atoms with van der Waals surface area (Å²) in [4.78, 5) is 0. The molecule has 0 radical (unpaired) electrons. The van der Waals surface area contributed by atoms with E-state index in [0.29, 0.717) is 30.2 Å². The molecule has 114 valence electrons. The second kappa shape index (κ2) is 4.65. The van der Waals surface area contributed by atoms with Crippen molar-refractivity contribution in [2.24, 2.45) is 0 Å². The number of aromatic nitrogens is 2. The van der Waals surface area contributed by atoms with Crippen LogP contribution >= 0.6 is 0 Å². The number of halogens is 1. The molecule has 1 saturated heterocycles. The van der Waals surface area contributed by atoms with Crippen molar-refractivity contribution in [3.05, 3.63) is 23.1 Å². The SMILES string of the molecule is Cc1nnc(C2CC(=C(F)B3OC(C)(C)C(C)(C)O3)C2)o1. The number of allylic oxidation sites excluding steroid dienone is 1. The highest BCUT2D eigenvalue weighted by Gasteiger charge is 2.54. The fourth-order valence-electron chi connectivity index (χ4n) is 2.49. The minimum atomic E-state index is -0.907. The third-order valence-corrected chi connectivity index (χ3v) is 4.67. The summed E-state index contributed by atoms with van der Waals surface area (Å²) in [5, 5.41) is 7.78. The number of rotatable bonds is 2. The molecule has 5 nitrogen and oxygen atoms in total. The average molecular weight is 294 g/mol. The molecule has 1 aromatic heterocycles. The maximum absolute atomic E-state index is 14.5. The Morgan fingerprint density at radius 3 is 2.19 bits per heavy atom. The van der Waals surface area contributed by atoms with E-state index in [2.05, 4.69) is 10.2 Å². The molecule has 0 atom stereocenters. The van der Waals surface area contributed by atoms with Crippen LogP contribution in [0.15, 0.2) is 15.7 Å². The summed E-state index contributed by atoms with van der Waals surface area (Å²) in [6, 6.07) is 0. The summed E-state index contributed by atoms with van der Waals surface area (Å²) in [7, 11) is -0.907. The molecule has 0 bridgehead atoms. The number of nitrogens with zero attached hydrogens (tertiary/aromatic N) is 2. The molecule has 2 heterocycles. The van der Waals surface area contributed by atoms with Crippen LogP contribution in [0.1, 0.15) is 58.2 Å². The lowest BCUT2D eigenvalue weighted by Crippen LogP contribution is -2.41. The van der Waals surface area contributed by atoms with Crippen molar-refractivity contribution in [1.82, 2.24) is 10.2 Å². The Bertz CT molecular complexity index is 573.